The maximum Gasteiger partial charge on any atom is 0.335 e. The minimum atomic E-state index is -0.951. The van der Waals surface area contributed by atoms with Gasteiger partial charge in [-0.05, 0) is 31.9 Å². The molecule has 1 saturated heterocycles. The van der Waals surface area contributed by atoms with E-state index in [0.717, 1.165) is 25.1 Å². The molecule has 116 valence electrons. The highest BCUT2D eigenvalue weighted by molar-refractivity contribution is 5.88. The summed E-state index contributed by atoms with van der Waals surface area (Å²) < 4.78 is 0. The van der Waals surface area contributed by atoms with Crippen molar-refractivity contribution in [2.75, 3.05) is 18.0 Å². The van der Waals surface area contributed by atoms with Crippen molar-refractivity contribution < 1.29 is 15.0 Å². The van der Waals surface area contributed by atoms with Crippen molar-refractivity contribution in [1.29, 1.82) is 0 Å². The monoisotopic (exact) mass is 292 g/mol. The fraction of sp³-hybridized carbons (Fsp3) is 0.625. The predicted molar refractivity (Wildman–Crippen MR) is 82.0 cm³/mol. The molecule has 5 heteroatoms. The van der Waals surface area contributed by atoms with E-state index < -0.39 is 11.6 Å². The molecular weight excluding hydrogens is 268 g/mol. The standard InChI is InChI=1S/C16H24N2O3/c1-15(2,3)12-8-11(14(19)20)9-13(17-12)18-7-5-6-16(4,21)10-18/h8-9,21H,5-7,10H2,1-4H3,(H,19,20). The number of aromatic nitrogens is 1. The molecule has 1 atom stereocenters. The van der Waals surface area contributed by atoms with Crippen LogP contribution in [0, 0.1) is 0 Å². The molecule has 5 nitrogen and oxygen atoms in total. The Morgan fingerprint density at radius 1 is 1.38 bits per heavy atom. The average molecular weight is 292 g/mol. The maximum absolute atomic E-state index is 11.3. The van der Waals surface area contributed by atoms with Gasteiger partial charge in [-0.15, -0.1) is 0 Å². The molecule has 0 radical (unpaired) electrons. The number of β-amino-alcohol motifs (C(OH)–C–C–N with tert-alkyl or cyclic N) is 1. The molecule has 1 fully saturated rings. The number of pyridine rings is 1. The number of carbonyl (C=O) groups is 1. The highest BCUT2D eigenvalue weighted by atomic mass is 16.4. The molecule has 21 heavy (non-hydrogen) atoms. The lowest BCUT2D eigenvalue weighted by molar-refractivity contribution is 0.0447. The Hall–Kier alpha value is -1.62. The van der Waals surface area contributed by atoms with Crippen molar-refractivity contribution in [1.82, 2.24) is 4.98 Å². The highest BCUT2D eigenvalue weighted by Crippen LogP contribution is 2.28. The van der Waals surface area contributed by atoms with Crippen LogP contribution >= 0.6 is 0 Å². The molecule has 2 N–H and O–H groups in total. The second-order valence-corrected chi connectivity index (χ2v) is 7.18. The van der Waals surface area contributed by atoms with Gasteiger partial charge >= 0.3 is 5.97 Å². The van der Waals surface area contributed by atoms with E-state index in [1.165, 1.54) is 0 Å². The average Bonchev–Trinajstić information content (AvgIpc) is 2.36. The van der Waals surface area contributed by atoms with Gasteiger partial charge in [0.2, 0.25) is 0 Å². The number of hydrogen-bond donors (Lipinski definition) is 2. The SMILES string of the molecule is CC1(O)CCCN(c2cc(C(=O)O)cc(C(C)(C)C)n2)C1. The summed E-state index contributed by atoms with van der Waals surface area (Å²) in [7, 11) is 0. The number of carboxylic acid groups (broad SMARTS) is 1. The second-order valence-electron chi connectivity index (χ2n) is 7.18. The molecule has 2 heterocycles. The van der Waals surface area contributed by atoms with Crippen LogP contribution in [0.25, 0.3) is 0 Å². The van der Waals surface area contributed by atoms with Gasteiger partial charge in [0.1, 0.15) is 5.82 Å². The minimum absolute atomic E-state index is 0.224. The van der Waals surface area contributed by atoms with Gasteiger partial charge in [-0.2, -0.15) is 0 Å². The molecular formula is C16H24N2O3. The quantitative estimate of drug-likeness (QED) is 0.875. The molecule has 1 aromatic rings. The molecule has 0 saturated carbocycles. The normalized spacial score (nSPS) is 23.2. The first-order valence-electron chi connectivity index (χ1n) is 7.32. The van der Waals surface area contributed by atoms with Crippen LogP contribution in [0.5, 0.6) is 0 Å². The van der Waals surface area contributed by atoms with Gasteiger partial charge in [0, 0.05) is 24.2 Å². The molecule has 0 aliphatic carbocycles. The van der Waals surface area contributed by atoms with Gasteiger partial charge < -0.3 is 15.1 Å². The fourth-order valence-electron chi connectivity index (χ4n) is 2.60. The molecule has 0 aromatic carbocycles. The Balaban J connectivity index is 2.43. The van der Waals surface area contributed by atoms with Gasteiger partial charge in [-0.1, -0.05) is 20.8 Å². The molecule has 2 rings (SSSR count). The van der Waals surface area contributed by atoms with Crippen LogP contribution in [0.15, 0.2) is 12.1 Å². The number of nitrogens with zero attached hydrogens (tertiary/aromatic N) is 2. The third-order valence-corrected chi connectivity index (χ3v) is 3.83. The summed E-state index contributed by atoms with van der Waals surface area (Å²) in [6.07, 6.45) is 1.63. The molecule has 0 spiro atoms. The molecule has 1 unspecified atom stereocenters. The third kappa shape index (κ3) is 3.73. The Labute approximate surface area is 125 Å². The summed E-state index contributed by atoms with van der Waals surface area (Å²) in [5.41, 5.74) is 0.0253. The van der Waals surface area contributed by atoms with Crippen LogP contribution in [-0.4, -0.2) is 39.9 Å². The van der Waals surface area contributed by atoms with E-state index in [4.69, 9.17) is 0 Å². The van der Waals surface area contributed by atoms with E-state index in [9.17, 15) is 15.0 Å². The maximum atomic E-state index is 11.3. The van der Waals surface area contributed by atoms with E-state index in [1.54, 1.807) is 12.1 Å². The summed E-state index contributed by atoms with van der Waals surface area (Å²) in [5, 5.41) is 19.5. The van der Waals surface area contributed by atoms with Gasteiger partial charge in [0.15, 0.2) is 0 Å². The first-order valence-corrected chi connectivity index (χ1v) is 7.32. The molecule has 1 aliphatic rings. The van der Waals surface area contributed by atoms with Gasteiger partial charge in [-0.3, -0.25) is 0 Å². The Bertz CT molecular complexity index is 547. The van der Waals surface area contributed by atoms with Crippen LogP contribution in [0.4, 0.5) is 5.82 Å². The summed E-state index contributed by atoms with van der Waals surface area (Å²) >= 11 is 0. The Morgan fingerprint density at radius 3 is 2.57 bits per heavy atom. The molecule has 0 bridgehead atoms. The summed E-state index contributed by atoms with van der Waals surface area (Å²) in [6.45, 7) is 9.11. The van der Waals surface area contributed by atoms with Crippen molar-refractivity contribution in [2.24, 2.45) is 0 Å². The first-order chi connectivity index (χ1) is 9.58. The lowest BCUT2D eigenvalue weighted by Gasteiger charge is -2.38. The number of rotatable bonds is 2. The minimum Gasteiger partial charge on any atom is -0.478 e. The number of aliphatic hydroxyl groups is 1. The van der Waals surface area contributed by atoms with Crippen LogP contribution < -0.4 is 4.90 Å². The number of aromatic carboxylic acids is 1. The number of carboxylic acids is 1. The predicted octanol–water partition coefficient (Wildman–Crippen LogP) is 2.43. The van der Waals surface area contributed by atoms with E-state index >= 15 is 0 Å². The lowest BCUT2D eigenvalue weighted by atomic mass is 9.90. The molecule has 1 aliphatic heterocycles. The van der Waals surface area contributed by atoms with E-state index in [1.807, 2.05) is 32.6 Å². The molecule has 0 amide bonds. The second kappa shape index (κ2) is 5.30. The van der Waals surface area contributed by atoms with Crippen LogP contribution in [-0.2, 0) is 5.41 Å². The lowest BCUT2D eigenvalue weighted by Crippen LogP contribution is -2.46. The summed E-state index contributed by atoms with van der Waals surface area (Å²) in [5.74, 6) is -0.312. The smallest absolute Gasteiger partial charge is 0.335 e. The molecule has 1 aromatic heterocycles. The summed E-state index contributed by atoms with van der Waals surface area (Å²) in [6, 6.07) is 3.23. The largest absolute Gasteiger partial charge is 0.478 e. The Kier molecular flexibility index (Phi) is 3.97. The van der Waals surface area contributed by atoms with E-state index in [2.05, 4.69) is 4.98 Å². The van der Waals surface area contributed by atoms with Gasteiger partial charge in [0.05, 0.1) is 11.2 Å². The van der Waals surface area contributed by atoms with Crippen LogP contribution in [0.1, 0.15) is 56.6 Å². The zero-order chi connectivity index (χ0) is 15.8. The fourth-order valence-corrected chi connectivity index (χ4v) is 2.60. The van der Waals surface area contributed by atoms with Crippen molar-refractivity contribution >= 4 is 11.8 Å². The topological polar surface area (TPSA) is 73.7 Å². The zero-order valence-electron chi connectivity index (χ0n) is 13.2. The number of hydrogen-bond acceptors (Lipinski definition) is 4. The Morgan fingerprint density at radius 2 is 2.05 bits per heavy atom. The van der Waals surface area contributed by atoms with Crippen LogP contribution in [0.2, 0.25) is 0 Å². The van der Waals surface area contributed by atoms with Gasteiger partial charge in [-0.25, -0.2) is 9.78 Å². The van der Waals surface area contributed by atoms with Crippen molar-refractivity contribution in [3.05, 3.63) is 23.4 Å². The van der Waals surface area contributed by atoms with Crippen molar-refractivity contribution in [3.63, 3.8) is 0 Å². The highest BCUT2D eigenvalue weighted by Gasteiger charge is 2.30. The first kappa shape index (κ1) is 15.8. The number of anilines is 1. The van der Waals surface area contributed by atoms with E-state index in [0.29, 0.717) is 12.4 Å². The van der Waals surface area contributed by atoms with Crippen LogP contribution in [0.3, 0.4) is 0 Å². The number of piperidine rings is 1. The van der Waals surface area contributed by atoms with Crippen molar-refractivity contribution in [2.45, 2.75) is 51.6 Å². The van der Waals surface area contributed by atoms with Gasteiger partial charge in [0.25, 0.3) is 0 Å². The third-order valence-electron chi connectivity index (χ3n) is 3.83. The van der Waals surface area contributed by atoms with Crippen molar-refractivity contribution in [3.8, 4) is 0 Å². The zero-order valence-corrected chi connectivity index (χ0v) is 13.2. The summed E-state index contributed by atoms with van der Waals surface area (Å²) in [4.78, 5) is 18.0. The van der Waals surface area contributed by atoms with E-state index in [-0.39, 0.29) is 11.0 Å².